The number of carbonyl (C=O) groups is 2. The van der Waals surface area contributed by atoms with Crippen LogP contribution in [0.25, 0.3) is 0 Å². The highest BCUT2D eigenvalue weighted by Gasteiger charge is 2.30. The van der Waals surface area contributed by atoms with E-state index in [9.17, 15) is 19.0 Å². The maximum absolute atomic E-state index is 11.5. The van der Waals surface area contributed by atoms with E-state index >= 15 is 0 Å². The molecule has 0 amide bonds. The topological polar surface area (TPSA) is 138 Å². The van der Waals surface area contributed by atoms with Crippen LogP contribution in [0.3, 0.4) is 0 Å². The Balaban J connectivity index is 4.43. The van der Waals surface area contributed by atoms with E-state index in [-0.39, 0.29) is 12.7 Å². The fourth-order valence-corrected chi connectivity index (χ4v) is 3.05. The van der Waals surface area contributed by atoms with Crippen molar-refractivity contribution in [2.24, 2.45) is 11.7 Å². The largest absolute Gasteiger partial charge is 0.481 e. The molecule has 8 heteroatoms. The summed E-state index contributed by atoms with van der Waals surface area (Å²) in [7, 11) is -3.60. The van der Waals surface area contributed by atoms with Gasteiger partial charge in [0.15, 0.2) is 0 Å². The molecule has 94 valence electrons. The van der Waals surface area contributed by atoms with Gasteiger partial charge in [0, 0.05) is 12.3 Å². The Morgan fingerprint density at radius 1 is 1.31 bits per heavy atom. The minimum Gasteiger partial charge on any atom is -0.481 e. The second-order valence-corrected chi connectivity index (χ2v) is 6.03. The first-order valence-electron chi connectivity index (χ1n) is 4.74. The van der Waals surface area contributed by atoms with Crippen molar-refractivity contribution < 1.29 is 29.3 Å². The predicted octanol–water partition coefficient (Wildman–Crippen LogP) is -0.219. The molecule has 0 rings (SSSR count). The van der Waals surface area contributed by atoms with E-state index in [0.29, 0.717) is 6.42 Å². The van der Waals surface area contributed by atoms with E-state index in [2.05, 4.69) is 0 Å². The summed E-state index contributed by atoms with van der Waals surface area (Å²) >= 11 is 0. The Morgan fingerprint density at radius 3 is 2.25 bits per heavy atom. The minimum absolute atomic E-state index is 0.0765. The number of carboxylic acids is 2. The smallest absolute Gasteiger partial charge is 0.307 e. The third kappa shape index (κ3) is 6.55. The molecule has 0 saturated carbocycles. The molecule has 0 aliphatic rings. The van der Waals surface area contributed by atoms with Crippen LogP contribution in [0.2, 0.25) is 0 Å². The Hall–Kier alpha value is -0.910. The molecule has 0 bridgehead atoms. The number of nitrogens with two attached hydrogens (primary N) is 1. The van der Waals surface area contributed by atoms with Crippen molar-refractivity contribution >= 4 is 19.3 Å². The molecular formula is C8H16NO6P. The first-order valence-corrected chi connectivity index (χ1v) is 6.77. The van der Waals surface area contributed by atoms with Crippen LogP contribution in [-0.2, 0) is 14.2 Å². The standard InChI is InChI=1S/C8H16NO6P/c9-2-1-3-16(14,15)5-6(8(12)13)4-7(10)11/h6H,1-5,9H2,(H,10,11)(H,12,13)(H,14,15)/t6-/m0/s1. The van der Waals surface area contributed by atoms with Crippen molar-refractivity contribution in [3.05, 3.63) is 0 Å². The molecule has 1 unspecified atom stereocenters. The van der Waals surface area contributed by atoms with Gasteiger partial charge in [0.05, 0.1) is 12.3 Å². The summed E-state index contributed by atoms with van der Waals surface area (Å²) in [6.45, 7) is 0.237. The molecule has 16 heavy (non-hydrogen) atoms. The summed E-state index contributed by atoms with van der Waals surface area (Å²) in [5.74, 6) is -4.00. The Morgan fingerprint density at radius 2 is 1.88 bits per heavy atom. The number of hydrogen-bond donors (Lipinski definition) is 4. The quantitative estimate of drug-likeness (QED) is 0.438. The molecule has 0 aliphatic carbocycles. The summed E-state index contributed by atoms with van der Waals surface area (Å²) in [5.41, 5.74) is 5.16. The van der Waals surface area contributed by atoms with E-state index in [1.165, 1.54) is 0 Å². The third-order valence-electron chi connectivity index (χ3n) is 1.99. The van der Waals surface area contributed by atoms with Crippen molar-refractivity contribution in [3.63, 3.8) is 0 Å². The molecule has 0 aromatic rings. The molecule has 0 aromatic heterocycles. The van der Waals surface area contributed by atoms with Gasteiger partial charge < -0.3 is 20.8 Å². The molecule has 0 spiro atoms. The molecule has 0 aliphatic heterocycles. The predicted molar refractivity (Wildman–Crippen MR) is 56.6 cm³/mol. The van der Waals surface area contributed by atoms with Gasteiger partial charge in [0.1, 0.15) is 0 Å². The van der Waals surface area contributed by atoms with Crippen molar-refractivity contribution in [1.82, 2.24) is 0 Å². The van der Waals surface area contributed by atoms with E-state index in [4.69, 9.17) is 15.9 Å². The normalized spacial score (nSPS) is 16.4. The van der Waals surface area contributed by atoms with Gasteiger partial charge in [0.2, 0.25) is 7.37 Å². The fraction of sp³-hybridized carbons (Fsp3) is 0.750. The van der Waals surface area contributed by atoms with Crippen LogP contribution in [0.15, 0.2) is 0 Å². The highest BCUT2D eigenvalue weighted by atomic mass is 31.2. The Bertz CT molecular complexity index is 305. The van der Waals surface area contributed by atoms with Crippen LogP contribution >= 0.6 is 7.37 Å². The van der Waals surface area contributed by atoms with Crippen molar-refractivity contribution in [1.29, 1.82) is 0 Å². The van der Waals surface area contributed by atoms with Crippen LogP contribution < -0.4 is 5.73 Å². The lowest BCUT2D eigenvalue weighted by Crippen LogP contribution is -2.22. The maximum Gasteiger partial charge on any atom is 0.307 e. The van der Waals surface area contributed by atoms with Crippen LogP contribution in [0.1, 0.15) is 12.8 Å². The number of aliphatic carboxylic acids is 2. The van der Waals surface area contributed by atoms with Crippen LogP contribution in [0, 0.1) is 5.92 Å². The van der Waals surface area contributed by atoms with Crippen LogP contribution in [0.5, 0.6) is 0 Å². The maximum atomic E-state index is 11.5. The fourth-order valence-electron chi connectivity index (χ4n) is 1.21. The lowest BCUT2D eigenvalue weighted by Gasteiger charge is -2.15. The van der Waals surface area contributed by atoms with Crippen molar-refractivity contribution in [2.75, 3.05) is 18.9 Å². The first kappa shape index (κ1) is 15.1. The Labute approximate surface area is 92.7 Å². The average Bonchev–Trinajstić information content (AvgIpc) is 2.12. The molecule has 0 aromatic carbocycles. The van der Waals surface area contributed by atoms with E-state index in [0.717, 1.165) is 0 Å². The summed E-state index contributed by atoms with van der Waals surface area (Å²) in [4.78, 5) is 30.4. The zero-order valence-corrected chi connectivity index (χ0v) is 9.60. The zero-order chi connectivity index (χ0) is 12.8. The van der Waals surface area contributed by atoms with Gasteiger partial charge in [-0.05, 0) is 13.0 Å². The molecule has 5 N–H and O–H groups in total. The lowest BCUT2D eigenvalue weighted by atomic mass is 10.1. The highest BCUT2D eigenvalue weighted by Crippen LogP contribution is 2.43. The van der Waals surface area contributed by atoms with Gasteiger partial charge in [-0.2, -0.15) is 0 Å². The molecule has 0 saturated heterocycles. The second kappa shape index (κ2) is 6.62. The Kier molecular flexibility index (Phi) is 6.25. The van der Waals surface area contributed by atoms with Gasteiger partial charge >= 0.3 is 11.9 Å². The summed E-state index contributed by atoms with van der Waals surface area (Å²) in [5, 5.41) is 17.1. The van der Waals surface area contributed by atoms with Gasteiger partial charge in [-0.1, -0.05) is 0 Å². The average molecular weight is 253 g/mol. The first-order chi connectivity index (χ1) is 7.28. The zero-order valence-electron chi connectivity index (χ0n) is 8.70. The lowest BCUT2D eigenvalue weighted by molar-refractivity contribution is -0.147. The number of hydrogen-bond acceptors (Lipinski definition) is 4. The van der Waals surface area contributed by atoms with E-state index in [1.807, 2.05) is 0 Å². The molecule has 2 atom stereocenters. The van der Waals surface area contributed by atoms with Gasteiger partial charge in [-0.15, -0.1) is 0 Å². The molecular weight excluding hydrogens is 237 g/mol. The minimum atomic E-state index is -3.60. The molecule has 0 fully saturated rings. The summed E-state index contributed by atoms with van der Waals surface area (Å²) < 4.78 is 11.5. The van der Waals surface area contributed by atoms with Crippen molar-refractivity contribution in [3.8, 4) is 0 Å². The second-order valence-electron chi connectivity index (χ2n) is 3.53. The third-order valence-corrected chi connectivity index (χ3v) is 4.01. The van der Waals surface area contributed by atoms with Crippen LogP contribution in [-0.4, -0.2) is 45.9 Å². The number of carboxylic acid groups (broad SMARTS) is 2. The highest BCUT2D eigenvalue weighted by molar-refractivity contribution is 7.58. The van der Waals surface area contributed by atoms with Gasteiger partial charge in [-0.3, -0.25) is 14.2 Å². The SMILES string of the molecule is NCCCP(=O)(O)C[C@H](CC(=O)O)C(=O)O. The van der Waals surface area contributed by atoms with Crippen molar-refractivity contribution in [2.45, 2.75) is 12.8 Å². The monoisotopic (exact) mass is 253 g/mol. The molecule has 7 nitrogen and oxygen atoms in total. The molecule has 0 heterocycles. The van der Waals surface area contributed by atoms with E-state index in [1.54, 1.807) is 0 Å². The van der Waals surface area contributed by atoms with Crippen LogP contribution in [0.4, 0.5) is 0 Å². The number of rotatable bonds is 8. The van der Waals surface area contributed by atoms with Gasteiger partial charge in [-0.25, -0.2) is 0 Å². The molecule has 0 radical (unpaired) electrons. The summed E-state index contributed by atoms with van der Waals surface area (Å²) in [6.07, 6.45) is -0.933. The van der Waals surface area contributed by atoms with E-state index < -0.39 is 37.8 Å². The summed E-state index contributed by atoms with van der Waals surface area (Å²) in [6, 6.07) is 0. The van der Waals surface area contributed by atoms with Gasteiger partial charge in [0.25, 0.3) is 0 Å².